The fraction of sp³-hybridized carbons (Fsp3) is 0.474. The number of rotatable bonds is 2. The smallest absolute Gasteiger partial charge is 0.166 e. The molecule has 1 aromatic heterocycles. The lowest BCUT2D eigenvalue weighted by Gasteiger charge is -2.46. The Hall–Kier alpha value is -1.74. The number of carbonyl (C=O) groups excluding carboxylic acids is 1. The number of hydrogen-bond donors (Lipinski definition) is 0. The van der Waals surface area contributed by atoms with Crippen LogP contribution in [0.1, 0.15) is 42.5 Å². The monoisotopic (exact) mass is 294 g/mol. The molecular formula is C19H22N2O. The first-order chi connectivity index (χ1) is 10.7. The highest BCUT2D eigenvalue weighted by molar-refractivity contribution is 6.08. The van der Waals surface area contributed by atoms with E-state index in [2.05, 4.69) is 23.0 Å². The van der Waals surface area contributed by atoms with Crippen molar-refractivity contribution < 1.29 is 4.79 Å². The molecule has 2 saturated heterocycles. The van der Waals surface area contributed by atoms with E-state index in [1.165, 1.54) is 19.3 Å². The zero-order valence-electron chi connectivity index (χ0n) is 13.0. The average molecular weight is 294 g/mol. The van der Waals surface area contributed by atoms with Gasteiger partial charge in [-0.2, -0.15) is 0 Å². The maximum absolute atomic E-state index is 13.1. The average Bonchev–Trinajstić information content (AvgIpc) is 2.53. The summed E-state index contributed by atoms with van der Waals surface area (Å²) in [5.41, 5.74) is 0.859. The maximum atomic E-state index is 13.1. The van der Waals surface area contributed by atoms with Crippen LogP contribution in [0.3, 0.4) is 0 Å². The van der Waals surface area contributed by atoms with Crippen molar-refractivity contribution in [2.75, 3.05) is 7.05 Å². The second-order valence-electron chi connectivity index (χ2n) is 6.84. The van der Waals surface area contributed by atoms with Gasteiger partial charge in [0.1, 0.15) is 0 Å². The number of Topliss-reactive ketones (excluding diaryl/α,β-unsaturated/α-hetero) is 1. The van der Waals surface area contributed by atoms with Gasteiger partial charge in [0.2, 0.25) is 0 Å². The van der Waals surface area contributed by atoms with E-state index < -0.39 is 0 Å². The minimum atomic E-state index is 0.178. The highest BCUT2D eigenvalue weighted by atomic mass is 16.1. The van der Waals surface area contributed by atoms with Crippen molar-refractivity contribution >= 4 is 16.6 Å². The van der Waals surface area contributed by atoms with E-state index in [-0.39, 0.29) is 5.92 Å². The number of carbonyl (C=O) groups is 1. The topological polar surface area (TPSA) is 33.2 Å². The molecule has 2 fully saturated rings. The van der Waals surface area contributed by atoms with Crippen molar-refractivity contribution in [3.63, 3.8) is 0 Å². The molecule has 0 radical (unpaired) electrons. The van der Waals surface area contributed by atoms with Crippen molar-refractivity contribution in [3.8, 4) is 0 Å². The van der Waals surface area contributed by atoms with Crippen LogP contribution in [0.15, 0.2) is 36.7 Å². The Morgan fingerprint density at radius 2 is 1.95 bits per heavy atom. The molecule has 0 saturated carbocycles. The number of nitrogens with zero attached hydrogens (tertiary/aromatic N) is 2. The quantitative estimate of drug-likeness (QED) is 0.792. The fourth-order valence-corrected chi connectivity index (χ4v) is 4.38. The Morgan fingerprint density at radius 1 is 1.18 bits per heavy atom. The van der Waals surface area contributed by atoms with Crippen LogP contribution < -0.4 is 0 Å². The molecule has 0 aliphatic carbocycles. The lowest BCUT2D eigenvalue weighted by molar-refractivity contribution is 0.0339. The zero-order valence-corrected chi connectivity index (χ0v) is 13.0. The van der Waals surface area contributed by atoms with Crippen molar-refractivity contribution in [1.82, 2.24) is 9.88 Å². The molecule has 0 N–H and O–H groups in total. The molecule has 0 spiro atoms. The molecule has 2 aromatic rings. The van der Waals surface area contributed by atoms with Crippen LogP contribution in [0.5, 0.6) is 0 Å². The van der Waals surface area contributed by atoms with E-state index in [1.807, 2.05) is 24.4 Å². The summed E-state index contributed by atoms with van der Waals surface area (Å²) in [6.07, 6.45) is 9.46. The standard InChI is InChI=1S/C19H22N2O/c1-21-15-5-3-6-16(21)11-14(10-15)19(22)17-7-2-4-13-8-9-20-12-18(13)17/h2,4,7-9,12,14-16H,3,5-6,10-11H2,1H3. The highest BCUT2D eigenvalue weighted by Crippen LogP contribution is 2.37. The number of hydrogen-bond acceptors (Lipinski definition) is 3. The minimum absolute atomic E-state index is 0.178. The molecule has 0 amide bonds. The van der Waals surface area contributed by atoms with Gasteiger partial charge in [0.05, 0.1) is 0 Å². The summed E-state index contributed by atoms with van der Waals surface area (Å²) in [6.45, 7) is 0. The molecule has 2 aliphatic heterocycles. The van der Waals surface area contributed by atoms with Gasteiger partial charge in [0.25, 0.3) is 0 Å². The molecule has 114 valence electrons. The predicted molar refractivity (Wildman–Crippen MR) is 88.0 cm³/mol. The molecule has 4 rings (SSSR count). The maximum Gasteiger partial charge on any atom is 0.166 e. The first-order valence-electron chi connectivity index (χ1n) is 8.33. The van der Waals surface area contributed by atoms with Crippen LogP contribution in [0.2, 0.25) is 0 Å². The van der Waals surface area contributed by atoms with E-state index in [1.54, 1.807) is 6.20 Å². The SMILES string of the molecule is CN1C2CCCC1CC(C(=O)c1cccc3ccncc13)C2. The van der Waals surface area contributed by atoms with Gasteiger partial charge in [-0.05, 0) is 44.2 Å². The molecule has 3 heterocycles. The summed E-state index contributed by atoms with van der Waals surface area (Å²) in [4.78, 5) is 19.8. The van der Waals surface area contributed by atoms with E-state index in [9.17, 15) is 4.79 Å². The highest BCUT2D eigenvalue weighted by Gasteiger charge is 2.39. The van der Waals surface area contributed by atoms with Crippen LogP contribution >= 0.6 is 0 Å². The molecule has 2 atom stereocenters. The number of ketones is 1. The van der Waals surface area contributed by atoms with Gasteiger partial charge in [0, 0.05) is 41.3 Å². The van der Waals surface area contributed by atoms with Gasteiger partial charge in [-0.3, -0.25) is 9.78 Å². The Bertz CT molecular complexity index is 692. The Labute approximate surface area is 131 Å². The Morgan fingerprint density at radius 3 is 2.73 bits per heavy atom. The molecule has 1 aromatic carbocycles. The molecule has 2 bridgehead atoms. The van der Waals surface area contributed by atoms with Crippen molar-refractivity contribution in [1.29, 1.82) is 0 Å². The molecule has 3 nitrogen and oxygen atoms in total. The first-order valence-corrected chi connectivity index (χ1v) is 8.33. The third-order valence-electron chi connectivity index (χ3n) is 5.66. The summed E-state index contributed by atoms with van der Waals surface area (Å²) >= 11 is 0. The van der Waals surface area contributed by atoms with Crippen LogP contribution in [-0.4, -0.2) is 34.8 Å². The molecule has 3 heteroatoms. The van der Waals surface area contributed by atoms with Crippen molar-refractivity contribution in [3.05, 3.63) is 42.2 Å². The van der Waals surface area contributed by atoms with Crippen LogP contribution in [0, 0.1) is 5.92 Å². The Kier molecular flexibility index (Phi) is 3.45. The van der Waals surface area contributed by atoms with Crippen LogP contribution in [-0.2, 0) is 0 Å². The number of benzene rings is 1. The molecule has 22 heavy (non-hydrogen) atoms. The first kappa shape index (κ1) is 13.9. The fourth-order valence-electron chi connectivity index (χ4n) is 4.38. The van der Waals surface area contributed by atoms with Crippen molar-refractivity contribution in [2.45, 2.75) is 44.2 Å². The lowest BCUT2D eigenvalue weighted by atomic mass is 9.75. The van der Waals surface area contributed by atoms with Gasteiger partial charge >= 0.3 is 0 Å². The predicted octanol–water partition coefficient (Wildman–Crippen LogP) is 3.68. The summed E-state index contributed by atoms with van der Waals surface area (Å²) in [5, 5.41) is 2.10. The van der Waals surface area contributed by atoms with E-state index in [0.29, 0.717) is 17.9 Å². The summed E-state index contributed by atoms with van der Waals surface area (Å²) in [5.74, 6) is 0.501. The number of fused-ring (bicyclic) bond motifs is 3. The second kappa shape index (κ2) is 5.47. The van der Waals surface area contributed by atoms with Crippen molar-refractivity contribution in [2.24, 2.45) is 5.92 Å². The normalized spacial score (nSPS) is 28.7. The second-order valence-corrected chi connectivity index (χ2v) is 6.84. The zero-order chi connectivity index (χ0) is 15.1. The van der Waals surface area contributed by atoms with Gasteiger partial charge in [0.15, 0.2) is 5.78 Å². The Balaban J connectivity index is 1.66. The number of piperidine rings is 2. The van der Waals surface area contributed by atoms with Gasteiger partial charge in [-0.25, -0.2) is 0 Å². The van der Waals surface area contributed by atoms with Crippen LogP contribution in [0.4, 0.5) is 0 Å². The summed E-state index contributed by atoms with van der Waals surface area (Å²) in [6, 6.07) is 9.18. The summed E-state index contributed by atoms with van der Waals surface area (Å²) in [7, 11) is 2.23. The number of aromatic nitrogens is 1. The summed E-state index contributed by atoms with van der Waals surface area (Å²) < 4.78 is 0. The van der Waals surface area contributed by atoms with E-state index in [4.69, 9.17) is 0 Å². The van der Waals surface area contributed by atoms with Gasteiger partial charge in [-0.1, -0.05) is 24.6 Å². The number of pyridine rings is 1. The third kappa shape index (κ3) is 2.24. The van der Waals surface area contributed by atoms with Gasteiger partial charge < -0.3 is 4.90 Å². The van der Waals surface area contributed by atoms with Crippen LogP contribution in [0.25, 0.3) is 10.8 Å². The van der Waals surface area contributed by atoms with E-state index >= 15 is 0 Å². The van der Waals surface area contributed by atoms with E-state index in [0.717, 1.165) is 29.2 Å². The third-order valence-corrected chi connectivity index (χ3v) is 5.66. The lowest BCUT2D eigenvalue weighted by Crippen LogP contribution is -2.51. The molecular weight excluding hydrogens is 272 g/mol. The minimum Gasteiger partial charge on any atom is -0.300 e. The molecule has 2 unspecified atom stereocenters. The largest absolute Gasteiger partial charge is 0.300 e. The molecule has 2 aliphatic rings. The van der Waals surface area contributed by atoms with Gasteiger partial charge in [-0.15, -0.1) is 0 Å².